The lowest BCUT2D eigenvalue weighted by Crippen LogP contribution is -2.34. The monoisotopic (exact) mass is 554 g/mol. The molecule has 0 aliphatic heterocycles. The minimum atomic E-state index is -0.585. The molecule has 0 fully saturated rings. The summed E-state index contributed by atoms with van der Waals surface area (Å²) in [5, 5.41) is 11.5. The van der Waals surface area contributed by atoms with E-state index in [1.54, 1.807) is 6.07 Å². The lowest BCUT2D eigenvalue weighted by molar-refractivity contribution is 0.529. The average molecular weight is 554 g/mol. The first-order valence-electron chi connectivity index (χ1n) is 14.1. The molecule has 0 unspecified atom stereocenters. The van der Waals surface area contributed by atoms with Gasteiger partial charge in [0.2, 0.25) is 0 Å². The van der Waals surface area contributed by atoms with Crippen LogP contribution >= 0.6 is 0 Å². The third kappa shape index (κ3) is 3.80. The predicted octanol–water partition coefficient (Wildman–Crippen LogP) is 7.12. The minimum Gasteiger partial charge on any atom is -0.455 e. The number of nitrogens with zero attached hydrogens (tertiary/aromatic N) is 2. The summed E-state index contributed by atoms with van der Waals surface area (Å²) in [5.41, 5.74) is 8.08. The molecule has 6 heteroatoms. The van der Waals surface area contributed by atoms with Gasteiger partial charge in [-0.3, -0.25) is 4.98 Å². The Bertz CT molecular complexity index is 2200. The number of hydrogen-bond donors (Lipinski definition) is 0. The molecule has 6 aromatic rings. The zero-order valence-corrected chi connectivity index (χ0v) is 24.6. The fourth-order valence-corrected chi connectivity index (χ4v) is 6.62. The summed E-state index contributed by atoms with van der Waals surface area (Å²) in [7, 11) is 12.7. The third-order valence-electron chi connectivity index (χ3n) is 8.69. The van der Waals surface area contributed by atoms with Gasteiger partial charge in [-0.2, -0.15) is 5.26 Å². The van der Waals surface area contributed by atoms with Crippen LogP contribution in [0.4, 0.5) is 4.39 Å². The van der Waals surface area contributed by atoms with Gasteiger partial charge >= 0.3 is 0 Å². The minimum absolute atomic E-state index is 0.0808. The topological polar surface area (TPSA) is 49.8 Å². The van der Waals surface area contributed by atoms with E-state index < -0.39 is 11.2 Å². The van der Waals surface area contributed by atoms with Gasteiger partial charge < -0.3 is 4.42 Å². The second kappa shape index (κ2) is 9.10. The van der Waals surface area contributed by atoms with Crippen LogP contribution < -0.4 is 11.1 Å². The molecule has 0 amide bonds. The van der Waals surface area contributed by atoms with E-state index in [-0.39, 0.29) is 27.7 Å². The number of nitriles is 1. The SMILES string of the molecule is [B]c1nc(-c2cccc3c2oc2c(-c4ccc5c(c4)C(C)(C)c4c#cccc4-5)ccc(C#N)c23)c([B])c(F)c1C(C)(C)C. The van der Waals surface area contributed by atoms with Gasteiger partial charge in [-0.25, -0.2) is 4.39 Å². The Morgan fingerprint density at radius 2 is 1.72 bits per heavy atom. The fourth-order valence-electron chi connectivity index (χ4n) is 6.62. The fraction of sp³-hybridized carbons (Fsp3) is 0.189. The van der Waals surface area contributed by atoms with Gasteiger partial charge in [-0.1, -0.05) is 71.0 Å². The first kappa shape index (κ1) is 27.1. The maximum absolute atomic E-state index is 15.7. The molecule has 7 rings (SSSR count). The molecular weight excluding hydrogens is 529 g/mol. The van der Waals surface area contributed by atoms with Crippen molar-refractivity contribution in [3.63, 3.8) is 0 Å². The summed E-state index contributed by atoms with van der Waals surface area (Å²) in [5.74, 6) is -0.585. The lowest BCUT2D eigenvalue weighted by Gasteiger charge is -2.24. The van der Waals surface area contributed by atoms with E-state index in [1.165, 1.54) is 11.1 Å². The Hall–Kier alpha value is -4.80. The summed E-state index contributed by atoms with van der Waals surface area (Å²) >= 11 is 0. The van der Waals surface area contributed by atoms with Crippen molar-refractivity contribution in [3.05, 3.63) is 101 Å². The van der Waals surface area contributed by atoms with Crippen LogP contribution in [0.5, 0.6) is 0 Å². The van der Waals surface area contributed by atoms with E-state index in [0.717, 1.165) is 22.3 Å². The molecule has 2 aromatic heterocycles. The molecule has 1 aliphatic rings. The quantitative estimate of drug-likeness (QED) is 0.214. The molecule has 43 heavy (non-hydrogen) atoms. The van der Waals surface area contributed by atoms with Gasteiger partial charge in [0.05, 0.1) is 17.3 Å². The number of rotatable bonds is 2. The Morgan fingerprint density at radius 1 is 0.953 bits per heavy atom. The van der Waals surface area contributed by atoms with E-state index in [1.807, 2.05) is 51.1 Å². The highest BCUT2D eigenvalue weighted by molar-refractivity contribution is 6.38. The van der Waals surface area contributed by atoms with Crippen molar-refractivity contribution >= 4 is 48.7 Å². The number of fused-ring (bicyclic) bond motifs is 6. The highest BCUT2D eigenvalue weighted by Crippen LogP contribution is 2.49. The van der Waals surface area contributed by atoms with E-state index >= 15 is 4.39 Å². The zero-order chi connectivity index (χ0) is 30.4. The summed E-state index contributed by atoms with van der Waals surface area (Å²) in [6, 6.07) is 28.4. The molecule has 4 aromatic carbocycles. The van der Waals surface area contributed by atoms with Gasteiger partial charge in [0, 0.05) is 38.4 Å². The number of halogens is 1. The van der Waals surface area contributed by atoms with Crippen LogP contribution in [-0.4, -0.2) is 20.7 Å². The van der Waals surface area contributed by atoms with Crippen molar-refractivity contribution in [1.29, 1.82) is 5.26 Å². The average Bonchev–Trinajstić information content (AvgIpc) is 3.47. The van der Waals surface area contributed by atoms with Crippen LogP contribution in [0.1, 0.15) is 56.9 Å². The molecule has 0 spiro atoms. The number of furan rings is 1. The van der Waals surface area contributed by atoms with Crippen LogP contribution in [0.3, 0.4) is 0 Å². The van der Waals surface area contributed by atoms with Crippen molar-refractivity contribution in [2.24, 2.45) is 0 Å². The standard InChI is InChI=1S/C37H25B2FN2O/c1-36(2,3)29-31(40)30(38)32(42-35(29)39)25-11-8-10-24-28-20(18-41)14-15-21(34(28)43-33(24)25)19-13-16-23-22-9-6-7-12-26(22)37(4,5)27(23)17-19/h6,8-11,13-17H,1-5H3. The smallest absolute Gasteiger partial charge is 0.144 e. The van der Waals surface area contributed by atoms with Gasteiger partial charge in [-0.15, -0.1) is 0 Å². The number of pyridine rings is 1. The van der Waals surface area contributed by atoms with Gasteiger partial charge in [0.25, 0.3) is 0 Å². The first-order chi connectivity index (χ1) is 20.4. The predicted molar refractivity (Wildman–Crippen MR) is 172 cm³/mol. The number of hydrogen-bond acceptors (Lipinski definition) is 3. The molecule has 2 heterocycles. The normalized spacial score (nSPS) is 13.5. The van der Waals surface area contributed by atoms with Crippen LogP contribution in [0.15, 0.2) is 65.1 Å². The lowest BCUT2D eigenvalue weighted by atomic mass is 9.76. The second-order valence-electron chi connectivity index (χ2n) is 12.7. The number of benzene rings is 3. The van der Waals surface area contributed by atoms with E-state index in [4.69, 9.17) is 20.1 Å². The molecule has 3 nitrogen and oxygen atoms in total. The van der Waals surface area contributed by atoms with Crippen LogP contribution in [0.25, 0.3) is 55.4 Å². The van der Waals surface area contributed by atoms with Crippen LogP contribution in [-0.2, 0) is 10.8 Å². The molecule has 0 saturated carbocycles. The largest absolute Gasteiger partial charge is 0.455 e. The Balaban J connectivity index is 1.48. The van der Waals surface area contributed by atoms with E-state index in [2.05, 4.69) is 61.3 Å². The first-order valence-corrected chi connectivity index (χ1v) is 14.1. The number of aromatic nitrogens is 1. The van der Waals surface area contributed by atoms with Crippen molar-refractivity contribution < 1.29 is 8.81 Å². The summed E-state index contributed by atoms with van der Waals surface area (Å²) in [6.07, 6.45) is 0. The molecule has 0 N–H and O–H groups in total. The van der Waals surface area contributed by atoms with Gasteiger partial charge in [0.15, 0.2) is 0 Å². The molecule has 1 aliphatic carbocycles. The molecule has 0 bridgehead atoms. The van der Waals surface area contributed by atoms with Crippen LogP contribution in [0, 0.1) is 29.3 Å². The van der Waals surface area contributed by atoms with Gasteiger partial charge in [0.1, 0.15) is 32.7 Å². The Morgan fingerprint density at radius 3 is 2.47 bits per heavy atom. The molecule has 0 atom stereocenters. The highest BCUT2D eigenvalue weighted by Gasteiger charge is 2.36. The molecule has 202 valence electrons. The van der Waals surface area contributed by atoms with Crippen molar-refractivity contribution in [3.8, 4) is 39.6 Å². The maximum Gasteiger partial charge on any atom is 0.144 e. The van der Waals surface area contributed by atoms with E-state index in [9.17, 15) is 5.26 Å². The maximum atomic E-state index is 15.7. The summed E-state index contributed by atoms with van der Waals surface area (Å²) in [6.45, 7) is 9.98. The third-order valence-corrected chi connectivity index (χ3v) is 8.69. The summed E-state index contributed by atoms with van der Waals surface area (Å²) in [4.78, 5) is 4.57. The van der Waals surface area contributed by atoms with Crippen LogP contribution in [0.2, 0.25) is 0 Å². The zero-order valence-electron chi connectivity index (χ0n) is 24.6. The summed E-state index contributed by atoms with van der Waals surface area (Å²) < 4.78 is 22.3. The Labute approximate surface area is 253 Å². The van der Waals surface area contributed by atoms with Crippen molar-refractivity contribution in [2.45, 2.75) is 45.4 Å². The molecule has 0 saturated heterocycles. The van der Waals surface area contributed by atoms with Crippen molar-refractivity contribution in [1.82, 2.24) is 4.98 Å². The Kier molecular flexibility index (Phi) is 5.72. The number of para-hydroxylation sites is 1. The molecule has 4 radical (unpaired) electrons. The second-order valence-corrected chi connectivity index (χ2v) is 12.7. The van der Waals surface area contributed by atoms with E-state index in [0.29, 0.717) is 33.1 Å². The van der Waals surface area contributed by atoms with Gasteiger partial charge in [-0.05, 0) is 75.1 Å². The van der Waals surface area contributed by atoms with Crippen molar-refractivity contribution in [2.75, 3.05) is 0 Å². The molecular formula is C37H25B2FN2O. The highest BCUT2D eigenvalue weighted by atomic mass is 19.1.